The summed E-state index contributed by atoms with van der Waals surface area (Å²) in [4.78, 5) is 38.9. The quantitative estimate of drug-likeness (QED) is 0.297. The first-order valence-corrected chi connectivity index (χ1v) is 13.7. The molecule has 206 valence electrons. The summed E-state index contributed by atoms with van der Waals surface area (Å²) in [6.07, 6.45) is 0. The van der Waals surface area contributed by atoms with Crippen LogP contribution in [0.2, 0.25) is 0 Å². The van der Waals surface area contributed by atoms with E-state index < -0.39 is 44.9 Å². The van der Waals surface area contributed by atoms with Gasteiger partial charge in [0.05, 0.1) is 15.5 Å². The molecule has 0 saturated carbocycles. The van der Waals surface area contributed by atoms with Crippen LogP contribution in [0, 0.1) is 10.1 Å². The number of hydrogen-bond donors (Lipinski definition) is 1. The van der Waals surface area contributed by atoms with Gasteiger partial charge < -0.3 is 10.2 Å². The lowest BCUT2D eigenvalue weighted by atomic mass is 10.1. The zero-order valence-electron chi connectivity index (χ0n) is 22.3. The zero-order valence-corrected chi connectivity index (χ0v) is 23.1. The minimum atomic E-state index is -4.31. The van der Waals surface area contributed by atoms with Crippen molar-refractivity contribution in [2.24, 2.45) is 0 Å². The summed E-state index contributed by atoms with van der Waals surface area (Å²) in [7, 11) is -4.31. The number of rotatable bonds is 10. The molecule has 0 aliphatic rings. The van der Waals surface area contributed by atoms with E-state index in [-0.39, 0.29) is 22.8 Å². The van der Waals surface area contributed by atoms with E-state index in [4.69, 9.17) is 0 Å². The molecular weight excluding hydrogens is 520 g/mol. The molecule has 0 unspecified atom stereocenters. The average molecular weight is 553 g/mol. The molecule has 0 fully saturated rings. The van der Waals surface area contributed by atoms with Crippen molar-refractivity contribution in [3.63, 3.8) is 0 Å². The molecule has 1 atom stereocenters. The first-order chi connectivity index (χ1) is 18.3. The molecule has 0 aliphatic carbocycles. The summed E-state index contributed by atoms with van der Waals surface area (Å²) < 4.78 is 28.3. The third-order valence-electron chi connectivity index (χ3n) is 5.80. The fourth-order valence-electron chi connectivity index (χ4n) is 3.85. The van der Waals surface area contributed by atoms with Gasteiger partial charge in [0, 0.05) is 24.2 Å². The van der Waals surface area contributed by atoms with E-state index >= 15 is 0 Å². The van der Waals surface area contributed by atoms with Gasteiger partial charge in [-0.3, -0.25) is 24.0 Å². The molecule has 0 aromatic heterocycles. The number of benzene rings is 3. The third-order valence-corrected chi connectivity index (χ3v) is 7.59. The number of non-ortho nitro benzene ring substituents is 1. The van der Waals surface area contributed by atoms with Crippen molar-refractivity contribution >= 4 is 33.2 Å². The summed E-state index contributed by atoms with van der Waals surface area (Å²) in [5.74, 6) is -1.05. The molecule has 0 aliphatic heterocycles. The van der Waals surface area contributed by atoms with Crippen LogP contribution in [0.15, 0.2) is 89.8 Å². The number of nitrogens with one attached hydrogen (secondary N) is 1. The highest BCUT2D eigenvalue weighted by Gasteiger charge is 2.33. The number of sulfonamides is 1. The van der Waals surface area contributed by atoms with Gasteiger partial charge in [-0.25, -0.2) is 8.42 Å². The fourth-order valence-corrected chi connectivity index (χ4v) is 5.27. The summed E-state index contributed by atoms with van der Waals surface area (Å²) in [5.41, 5.74) is -0.187. The average Bonchev–Trinajstić information content (AvgIpc) is 2.90. The van der Waals surface area contributed by atoms with Crippen molar-refractivity contribution in [2.75, 3.05) is 10.8 Å². The van der Waals surface area contributed by atoms with Crippen molar-refractivity contribution in [3.05, 3.63) is 101 Å². The molecule has 39 heavy (non-hydrogen) atoms. The molecule has 10 nitrogen and oxygen atoms in total. The number of anilines is 1. The molecule has 11 heteroatoms. The maximum absolute atomic E-state index is 13.8. The van der Waals surface area contributed by atoms with Crippen molar-refractivity contribution in [1.29, 1.82) is 0 Å². The number of nitrogens with zero attached hydrogens (tertiary/aromatic N) is 3. The van der Waals surface area contributed by atoms with Gasteiger partial charge in [0.25, 0.3) is 15.7 Å². The monoisotopic (exact) mass is 552 g/mol. The lowest BCUT2D eigenvalue weighted by Crippen LogP contribution is -2.54. The Hall–Kier alpha value is -4.25. The Bertz CT molecular complexity index is 1420. The first kappa shape index (κ1) is 29.3. The summed E-state index contributed by atoms with van der Waals surface area (Å²) in [6, 6.07) is 20.7. The Morgan fingerprint density at radius 3 is 2.10 bits per heavy atom. The van der Waals surface area contributed by atoms with E-state index in [2.05, 4.69) is 5.32 Å². The largest absolute Gasteiger partial charge is 0.350 e. The van der Waals surface area contributed by atoms with Gasteiger partial charge in [-0.2, -0.15) is 0 Å². The predicted molar refractivity (Wildman–Crippen MR) is 148 cm³/mol. The molecule has 3 rings (SSSR count). The van der Waals surface area contributed by atoms with Crippen molar-refractivity contribution in [1.82, 2.24) is 10.2 Å². The Morgan fingerprint density at radius 2 is 1.54 bits per heavy atom. The second-order valence-corrected chi connectivity index (χ2v) is 11.9. The van der Waals surface area contributed by atoms with E-state index in [0.29, 0.717) is 0 Å². The highest BCUT2D eigenvalue weighted by molar-refractivity contribution is 7.92. The van der Waals surface area contributed by atoms with Gasteiger partial charge in [0.15, 0.2) is 0 Å². The van der Waals surface area contributed by atoms with Crippen LogP contribution < -0.4 is 9.62 Å². The number of amides is 2. The third kappa shape index (κ3) is 7.64. The molecule has 0 bridgehead atoms. The van der Waals surface area contributed by atoms with Crippen molar-refractivity contribution < 1.29 is 22.9 Å². The van der Waals surface area contributed by atoms with Gasteiger partial charge in [-0.15, -0.1) is 0 Å². The maximum atomic E-state index is 13.8. The minimum Gasteiger partial charge on any atom is -0.350 e. The van der Waals surface area contributed by atoms with E-state index in [1.807, 2.05) is 26.8 Å². The van der Waals surface area contributed by atoms with E-state index in [9.17, 15) is 28.1 Å². The smallest absolute Gasteiger partial charge is 0.271 e. The molecule has 0 radical (unpaired) electrons. The lowest BCUT2D eigenvalue weighted by molar-refractivity contribution is -0.384. The second-order valence-electron chi connectivity index (χ2n) is 10.0. The van der Waals surface area contributed by atoms with Gasteiger partial charge in [-0.1, -0.05) is 54.6 Å². The predicted octanol–water partition coefficient (Wildman–Crippen LogP) is 4.12. The Kier molecular flexibility index (Phi) is 9.08. The van der Waals surface area contributed by atoms with E-state index in [1.54, 1.807) is 49.4 Å². The van der Waals surface area contributed by atoms with Crippen LogP contribution in [-0.2, 0) is 26.2 Å². The number of carbonyl (C=O) groups excluding carboxylic acids is 2. The molecule has 3 aromatic rings. The number of nitro groups is 1. The summed E-state index contributed by atoms with van der Waals surface area (Å²) in [6.45, 7) is 6.39. The van der Waals surface area contributed by atoms with Crippen LogP contribution in [0.25, 0.3) is 0 Å². The van der Waals surface area contributed by atoms with Crippen LogP contribution in [0.1, 0.15) is 33.3 Å². The van der Waals surface area contributed by atoms with Crippen LogP contribution in [0.4, 0.5) is 11.4 Å². The number of hydrogen-bond acceptors (Lipinski definition) is 6. The molecule has 3 aromatic carbocycles. The van der Waals surface area contributed by atoms with Crippen LogP contribution in [0.3, 0.4) is 0 Å². The number of carbonyl (C=O) groups is 2. The first-order valence-electron chi connectivity index (χ1n) is 12.3. The van der Waals surface area contributed by atoms with Gasteiger partial charge in [-0.05, 0) is 51.5 Å². The topological polar surface area (TPSA) is 130 Å². The molecule has 0 spiro atoms. The molecular formula is C28H32N4O6S. The standard InChI is InChI=1S/C28H32N4O6S/c1-21(27(34)29-28(2,3)4)30(19-22-12-7-5-8-13-22)26(33)20-31(23-14-11-15-24(18-23)32(35)36)39(37,38)25-16-9-6-10-17-25/h5-18,21H,19-20H2,1-4H3,(H,29,34)/t21-/m0/s1. The number of nitro benzene ring substituents is 1. The van der Waals surface area contributed by atoms with Gasteiger partial charge in [0.1, 0.15) is 12.6 Å². The molecule has 0 heterocycles. The van der Waals surface area contributed by atoms with Gasteiger partial charge >= 0.3 is 0 Å². The second kappa shape index (κ2) is 12.1. The van der Waals surface area contributed by atoms with E-state index in [1.165, 1.54) is 35.2 Å². The van der Waals surface area contributed by atoms with Crippen molar-refractivity contribution in [2.45, 2.75) is 50.7 Å². The van der Waals surface area contributed by atoms with Gasteiger partial charge in [0.2, 0.25) is 11.8 Å². The Morgan fingerprint density at radius 1 is 0.949 bits per heavy atom. The fraction of sp³-hybridized carbons (Fsp3) is 0.286. The zero-order chi connectivity index (χ0) is 28.8. The SMILES string of the molecule is C[C@@H](C(=O)NC(C)(C)C)N(Cc1ccccc1)C(=O)CN(c1cccc([N+](=O)[O-])c1)S(=O)(=O)c1ccccc1. The van der Waals surface area contributed by atoms with Crippen LogP contribution in [-0.4, -0.2) is 48.2 Å². The van der Waals surface area contributed by atoms with E-state index in [0.717, 1.165) is 15.9 Å². The normalized spacial score (nSPS) is 12.3. The van der Waals surface area contributed by atoms with Crippen molar-refractivity contribution in [3.8, 4) is 0 Å². The molecule has 0 saturated heterocycles. The van der Waals surface area contributed by atoms with Crippen LogP contribution >= 0.6 is 0 Å². The molecule has 2 amide bonds. The highest BCUT2D eigenvalue weighted by Crippen LogP contribution is 2.27. The maximum Gasteiger partial charge on any atom is 0.271 e. The minimum absolute atomic E-state index is 0.0482. The van der Waals surface area contributed by atoms with Crippen LogP contribution in [0.5, 0.6) is 0 Å². The Labute approximate surface area is 228 Å². The Balaban J connectivity index is 2.06. The summed E-state index contributed by atoms with van der Waals surface area (Å²) in [5, 5.41) is 14.3. The molecule has 1 N–H and O–H groups in total. The highest BCUT2D eigenvalue weighted by atomic mass is 32.2. The summed E-state index contributed by atoms with van der Waals surface area (Å²) >= 11 is 0. The lowest BCUT2D eigenvalue weighted by Gasteiger charge is -2.33.